The zero-order chi connectivity index (χ0) is 27.2. The Morgan fingerprint density at radius 1 is 1.21 bits per heavy atom. The normalized spacial score (nSPS) is 30.4. The third kappa shape index (κ3) is 4.62. The Balaban J connectivity index is 1.39. The van der Waals surface area contributed by atoms with E-state index in [1.54, 1.807) is 31.4 Å². The second kappa shape index (κ2) is 10.2. The molecule has 0 bridgehead atoms. The fourth-order valence-corrected chi connectivity index (χ4v) is 6.27. The fraction of sp³-hybridized carbons (Fsp3) is 0.552. The first-order valence-electron chi connectivity index (χ1n) is 13.5. The maximum absolute atomic E-state index is 13.1. The molecule has 2 aromatic heterocycles. The van der Waals surface area contributed by atoms with Crippen LogP contribution in [0.4, 0.5) is 5.69 Å². The maximum Gasteiger partial charge on any atom is 0.340 e. The van der Waals surface area contributed by atoms with Crippen molar-refractivity contribution >= 4 is 28.5 Å². The molecule has 0 saturated carbocycles. The molecule has 5 rings (SSSR count). The monoisotopic (exact) mass is 523 g/mol. The number of fused-ring (bicyclic) bond motifs is 1. The van der Waals surface area contributed by atoms with Gasteiger partial charge in [0.05, 0.1) is 30.0 Å². The van der Waals surface area contributed by atoms with Gasteiger partial charge in [0.25, 0.3) is 0 Å². The van der Waals surface area contributed by atoms with Gasteiger partial charge in [-0.15, -0.1) is 0 Å². The minimum absolute atomic E-state index is 0.0407. The summed E-state index contributed by atoms with van der Waals surface area (Å²) in [5.74, 6) is -1.11. The van der Waals surface area contributed by atoms with E-state index in [9.17, 15) is 14.7 Å². The third-order valence-electron chi connectivity index (χ3n) is 8.54. The number of carbonyl (C=O) groups is 2. The van der Waals surface area contributed by atoms with E-state index in [2.05, 4.69) is 36.1 Å². The highest BCUT2D eigenvalue weighted by Gasteiger charge is 2.52. The molecule has 2 saturated heterocycles. The lowest BCUT2D eigenvalue weighted by Crippen LogP contribution is -2.58. The first kappa shape index (κ1) is 26.4. The Hall–Kier alpha value is -3.17. The number of H-pyrrole nitrogens is 1. The maximum atomic E-state index is 13.1. The van der Waals surface area contributed by atoms with Crippen LogP contribution in [0.25, 0.3) is 11.1 Å². The molecule has 1 unspecified atom stereocenters. The van der Waals surface area contributed by atoms with Gasteiger partial charge in [-0.05, 0) is 48.9 Å². The molecule has 4 heterocycles. The number of nitrogens with one attached hydrogen (secondary N) is 2. The van der Waals surface area contributed by atoms with Crippen LogP contribution in [0.5, 0.6) is 0 Å². The molecular weight excluding hydrogens is 486 g/mol. The Kier molecular flexibility index (Phi) is 7.09. The smallest absolute Gasteiger partial charge is 0.340 e. The van der Waals surface area contributed by atoms with Crippen molar-refractivity contribution in [3.8, 4) is 0 Å². The highest BCUT2D eigenvalue weighted by atomic mass is 16.7. The summed E-state index contributed by atoms with van der Waals surface area (Å²) in [6, 6.07) is 7.05. The number of hydrogen-bond donors (Lipinski definition) is 3. The van der Waals surface area contributed by atoms with Crippen LogP contribution in [0.2, 0.25) is 0 Å². The number of carbonyl (C=O) groups excluding carboxylic acids is 1. The van der Waals surface area contributed by atoms with Crippen molar-refractivity contribution in [2.24, 2.45) is 23.7 Å². The number of oxazole rings is 1. The first-order valence-corrected chi connectivity index (χ1v) is 13.5. The molecule has 0 amide bonds. The quantitative estimate of drug-likeness (QED) is 0.345. The summed E-state index contributed by atoms with van der Waals surface area (Å²) in [5, 5.41) is 12.7. The highest BCUT2D eigenvalue weighted by molar-refractivity contribution is 6.06. The Morgan fingerprint density at radius 3 is 2.68 bits per heavy atom. The number of hydrogen-bond acceptors (Lipinski definition) is 7. The van der Waals surface area contributed by atoms with Crippen LogP contribution in [0.3, 0.4) is 0 Å². The molecule has 0 radical (unpaired) electrons. The van der Waals surface area contributed by atoms with Crippen molar-refractivity contribution in [3.63, 3.8) is 0 Å². The summed E-state index contributed by atoms with van der Waals surface area (Å²) in [6.07, 6.45) is 4.22. The molecule has 1 spiro atoms. The topological polar surface area (TPSA) is 127 Å². The Morgan fingerprint density at radius 2 is 2.00 bits per heavy atom. The largest absolute Gasteiger partial charge is 0.478 e. The van der Waals surface area contributed by atoms with Crippen LogP contribution in [-0.2, 0) is 15.9 Å². The zero-order valence-electron chi connectivity index (χ0n) is 22.6. The van der Waals surface area contributed by atoms with Gasteiger partial charge in [-0.3, -0.25) is 4.79 Å². The van der Waals surface area contributed by atoms with Gasteiger partial charge in [0.2, 0.25) is 0 Å². The van der Waals surface area contributed by atoms with E-state index in [4.69, 9.17) is 13.9 Å². The van der Waals surface area contributed by atoms with E-state index < -0.39 is 11.8 Å². The van der Waals surface area contributed by atoms with E-state index in [0.717, 1.165) is 19.3 Å². The predicted octanol–water partition coefficient (Wildman–Crippen LogP) is 5.53. The summed E-state index contributed by atoms with van der Waals surface area (Å²) >= 11 is 0. The average Bonchev–Trinajstić information content (AvgIpc) is 3.57. The van der Waals surface area contributed by atoms with Crippen molar-refractivity contribution < 1.29 is 28.6 Å². The molecule has 3 aromatic rings. The molecule has 3 N–H and O–H groups in total. The molecule has 0 aliphatic carbocycles. The first-order chi connectivity index (χ1) is 18.1. The summed E-state index contributed by atoms with van der Waals surface area (Å²) in [7, 11) is 1.68. The SMILES string of the molecule is CNc1ccc2oc(C[C@H]3O[C@@]4(CC[C@H]3C)O[C@H](C(C)C(=O)c3ccc[nH]3)[C@@H](C)C[C@@H]4C)nc2c1C(=O)O. The molecule has 9 heteroatoms. The van der Waals surface area contributed by atoms with Crippen LogP contribution in [-0.4, -0.2) is 51.9 Å². The van der Waals surface area contributed by atoms with Gasteiger partial charge in [-0.2, -0.15) is 0 Å². The van der Waals surface area contributed by atoms with E-state index in [1.165, 1.54) is 0 Å². The molecule has 2 aliphatic heterocycles. The number of ether oxygens (including phenoxy) is 2. The summed E-state index contributed by atoms with van der Waals surface area (Å²) < 4.78 is 19.6. The zero-order valence-corrected chi connectivity index (χ0v) is 22.6. The standard InChI is InChI=1S/C29H37N3O6/c1-15-10-11-29(17(3)13-16(2)27(38-29)18(4)26(33)20-7-6-12-31-20)37-22(15)14-23-32-25-21(36-23)9-8-19(30-5)24(25)28(34)35/h6-9,12,15-18,22,27,30-31H,10-11,13-14H2,1-5H3,(H,34,35)/t15-,16+,17+,18?,22-,27+,29+/m1/s1. The second-order valence-electron chi connectivity index (χ2n) is 11.1. The van der Waals surface area contributed by atoms with Crippen LogP contribution in [0.1, 0.15) is 73.7 Å². The van der Waals surface area contributed by atoms with Crippen molar-refractivity contribution in [3.05, 3.63) is 47.6 Å². The van der Waals surface area contributed by atoms with Gasteiger partial charge >= 0.3 is 5.97 Å². The van der Waals surface area contributed by atoms with Crippen LogP contribution < -0.4 is 5.32 Å². The molecule has 38 heavy (non-hydrogen) atoms. The van der Waals surface area contributed by atoms with Gasteiger partial charge in [0.1, 0.15) is 11.1 Å². The lowest BCUT2D eigenvalue weighted by atomic mass is 9.75. The Bertz CT molecular complexity index is 1320. The number of carboxylic acids is 1. The molecule has 9 nitrogen and oxygen atoms in total. The van der Waals surface area contributed by atoms with Crippen molar-refractivity contribution in [1.82, 2.24) is 9.97 Å². The summed E-state index contributed by atoms with van der Waals surface area (Å²) in [6.45, 7) is 8.39. The lowest BCUT2D eigenvalue weighted by Gasteiger charge is -2.53. The van der Waals surface area contributed by atoms with Gasteiger partial charge < -0.3 is 29.3 Å². The van der Waals surface area contributed by atoms with Crippen molar-refractivity contribution in [1.29, 1.82) is 0 Å². The van der Waals surface area contributed by atoms with Crippen LogP contribution >= 0.6 is 0 Å². The van der Waals surface area contributed by atoms with Crippen molar-refractivity contribution in [2.45, 2.75) is 71.4 Å². The summed E-state index contributed by atoms with van der Waals surface area (Å²) in [4.78, 5) is 32.7. The fourth-order valence-electron chi connectivity index (χ4n) is 6.27. The molecular formula is C29H37N3O6. The number of anilines is 1. The number of rotatable bonds is 7. The number of aromatic nitrogens is 2. The summed E-state index contributed by atoms with van der Waals surface area (Å²) in [5.41, 5.74) is 1.93. The number of carboxylic acid groups (broad SMARTS) is 1. The van der Waals surface area contributed by atoms with E-state index in [1.807, 2.05) is 13.0 Å². The number of aromatic amines is 1. The number of nitrogens with zero attached hydrogens (tertiary/aromatic N) is 1. The molecule has 1 aromatic carbocycles. The number of aromatic carboxylic acids is 1. The number of benzene rings is 1. The van der Waals surface area contributed by atoms with Crippen LogP contribution in [0.15, 0.2) is 34.9 Å². The van der Waals surface area contributed by atoms with Crippen molar-refractivity contribution in [2.75, 3.05) is 12.4 Å². The lowest BCUT2D eigenvalue weighted by molar-refractivity contribution is -0.355. The van der Waals surface area contributed by atoms with Gasteiger partial charge in [-0.1, -0.05) is 27.7 Å². The van der Waals surface area contributed by atoms with Crippen LogP contribution in [0, 0.1) is 23.7 Å². The van der Waals surface area contributed by atoms with Gasteiger partial charge in [0.15, 0.2) is 23.0 Å². The van der Waals surface area contributed by atoms with Gasteiger partial charge in [0, 0.05) is 31.5 Å². The van der Waals surface area contributed by atoms with Gasteiger partial charge in [-0.25, -0.2) is 9.78 Å². The number of ketones is 1. The van der Waals surface area contributed by atoms with E-state index in [0.29, 0.717) is 34.8 Å². The third-order valence-corrected chi connectivity index (χ3v) is 8.54. The average molecular weight is 524 g/mol. The Labute approximate surface area is 222 Å². The van der Waals surface area contributed by atoms with E-state index in [-0.39, 0.29) is 47.2 Å². The number of Topliss-reactive ketones (excluding diaryl/α,β-unsaturated/α-hetero) is 1. The molecule has 2 aliphatic rings. The predicted molar refractivity (Wildman–Crippen MR) is 142 cm³/mol. The molecule has 2 fully saturated rings. The minimum Gasteiger partial charge on any atom is -0.478 e. The van der Waals surface area contributed by atoms with E-state index >= 15 is 0 Å². The highest BCUT2D eigenvalue weighted by Crippen LogP contribution is 2.48. The molecule has 7 atom stereocenters. The second-order valence-corrected chi connectivity index (χ2v) is 11.1. The minimum atomic E-state index is -1.06. The molecule has 204 valence electrons.